The molecule has 0 spiro atoms. The molecule has 4 aromatic carbocycles. The summed E-state index contributed by atoms with van der Waals surface area (Å²) in [6.07, 6.45) is -2.67. The van der Waals surface area contributed by atoms with Crippen molar-refractivity contribution in [2.24, 2.45) is 0 Å². The van der Waals surface area contributed by atoms with Gasteiger partial charge in [-0.3, -0.25) is 0 Å². The molecule has 6 aromatic rings. The maximum atomic E-state index is 12.8. The predicted octanol–water partition coefficient (Wildman–Crippen LogP) is -18.2. The second-order valence-corrected chi connectivity index (χ2v) is 26.3. The van der Waals surface area contributed by atoms with Gasteiger partial charge in [0.15, 0.2) is 0 Å². The largest absolute Gasteiger partial charge is 1.00 e. The van der Waals surface area contributed by atoms with Crippen LogP contribution in [0.3, 0.4) is 0 Å². The van der Waals surface area contributed by atoms with Gasteiger partial charge in [0, 0.05) is 37.6 Å². The number of aliphatic hydroxyl groups is 4. The molecule has 90 heavy (non-hydrogen) atoms. The quantitative estimate of drug-likeness (QED) is 0.0142. The molecule has 0 radical (unpaired) electrons. The normalized spacial score (nSPS) is 13.2. The Morgan fingerprint density at radius 3 is 0.900 bits per heavy atom. The molecule has 0 aliphatic heterocycles. The SMILES string of the molecule is CC(O)CN(CC(C)O)c1nc(Nc2ccc(/C=C/c3ccc(Nc4nc(Nc5cc(S(=O)(=O)[O-])ccc5S(=O)(=O)[O-])nc(N(CC(C)O)CC(C)O)n4)cc3S(=O)(=O)[O-])c(S(=O)(=O)[O-])c2)nc(Nc2cc(S(=O)(=O)[O-])ccc2S(=O)(=O)[O-])n1.[K+].[K+].[K+].[Na+].[Na+].[Na+]. The molecule has 2 heterocycles. The molecule has 6 rings (SSSR count). The van der Waals surface area contributed by atoms with Gasteiger partial charge in [0.1, 0.15) is 60.7 Å². The maximum Gasteiger partial charge on any atom is 1.00 e. The average molecular weight is 1470 g/mol. The van der Waals surface area contributed by atoms with E-state index in [0.29, 0.717) is 36.4 Å². The van der Waals surface area contributed by atoms with Crippen molar-refractivity contribution in [3.05, 3.63) is 83.9 Å². The summed E-state index contributed by atoms with van der Waals surface area (Å²) in [7, 11) is -32.3. The van der Waals surface area contributed by atoms with Crippen LogP contribution in [0.4, 0.5) is 58.4 Å². The van der Waals surface area contributed by atoms with Crippen molar-refractivity contribution >= 4 is 131 Å². The Hall–Kier alpha value is 0.649. The molecule has 8 N–H and O–H groups in total. The second kappa shape index (κ2) is 37.7. The maximum absolute atomic E-state index is 12.8. The summed E-state index contributed by atoms with van der Waals surface area (Å²) >= 11 is 0. The Balaban J connectivity index is 0.0000132. The van der Waals surface area contributed by atoms with E-state index in [9.17, 15) is 98.2 Å². The van der Waals surface area contributed by atoms with E-state index in [1.54, 1.807) is 0 Å². The standard InChI is InChI=1S/C44H52N12O22S6.3K.3Na/c1-23(57)19-55(20-24(2)58)43-51-39(49-41(53-43)47-33-17-31(79(61,62)63)11-13-35(33)81(67,68)69)45-29-9-7-27(37(15-29)83(73,74)75)5-6-28-8-10-30(16-38(28)84(76,77)78)46-40-50-42(54-44(52-40)56(21-25(3)59)22-26(4)60)48-34-18-32(80(64,65)66)12-14-36(34)82(70,71)72;;;;;;/h5-18,23-26,57-60H,19-22H2,1-4H3,(H,61,62,63)(H,64,65,66)(H,67,68,69)(H,70,71,72)(H,73,74,75)(H,76,77,78)(H2,45,47,49,51,53)(H2,46,48,50,52,54);;;;;;/q;6*+1/p-6/b6-5+;;;;;;. The first-order valence-electron chi connectivity index (χ1n) is 23.5. The van der Waals surface area contributed by atoms with E-state index in [0.717, 1.165) is 48.6 Å². The van der Waals surface area contributed by atoms with Crippen LogP contribution in [0.15, 0.2) is 102 Å². The monoisotopic (exact) mass is 1470 g/mol. The molecule has 4 unspecified atom stereocenters. The van der Waals surface area contributed by atoms with Crippen LogP contribution in [0.1, 0.15) is 38.8 Å². The summed E-state index contributed by atoms with van der Waals surface area (Å²) in [5, 5.41) is 50.8. The number of aliphatic hydroxyl groups excluding tert-OH is 4. The third-order valence-electron chi connectivity index (χ3n) is 10.8. The van der Waals surface area contributed by atoms with Gasteiger partial charge in [-0.1, -0.05) is 24.3 Å². The van der Waals surface area contributed by atoms with Crippen LogP contribution in [0.5, 0.6) is 0 Å². The molecule has 0 aliphatic rings. The molecular formula is C44H46K3N12Na3O22S6. The molecule has 4 atom stereocenters. The van der Waals surface area contributed by atoms with Gasteiger partial charge in [0.2, 0.25) is 35.7 Å². The number of hydrogen-bond donors (Lipinski definition) is 8. The molecular weight excluding hydrogens is 1430 g/mol. The van der Waals surface area contributed by atoms with Crippen molar-refractivity contribution < 1.29 is 341 Å². The summed E-state index contributed by atoms with van der Waals surface area (Å²) in [5.74, 6) is -3.30. The van der Waals surface area contributed by atoms with Gasteiger partial charge < -0.3 is 78.8 Å². The van der Waals surface area contributed by atoms with E-state index in [2.05, 4.69) is 51.2 Å². The first-order chi connectivity index (χ1) is 38.6. The molecule has 46 heteroatoms. The fourth-order valence-corrected chi connectivity index (χ4v) is 11.2. The first-order valence-corrected chi connectivity index (χ1v) is 31.9. The van der Waals surface area contributed by atoms with Crippen molar-refractivity contribution in [2.45, 2.75) is 81.5 Å². The molecule has 0 saturated heterocycles. The van der Waals surface area contributed by atoms with Crippen molar-refractivity contribution in [2.75, 3.05) is 57.2 Å². The third-order valence-corrected chi connectivity index (χ3v) is 16.0. The molecule has 0 amide bonds. The van der Waals surface area contributed by atoms with E-state index in [1.807, 2.05) is 0 Å². The van der Waals surface area contributed by atoms with Gasteiger partial charge in [0.25, 0.3) is 0 Å². The Kier molecular flexibility index (Phi) is 38.0. The van der Waals surface area contributed by atoms with Crippen LogP contribution in [0.25, 0.3) is 12.2 Å². The zero-order chi connectivity index (χ0) is 62.7. The van der Waals surface area contributed by atoms with Gasteiger partial charge >= 0.3 is 243 Å². The van der Waals surface area contributed by atoms with E-state index < -0.39 is 173 Å². The van der Waals surface area contributed by atoms with Crippen molar-refractivity contribution in [1.82, 2.24) is 29.9 Å². The van der Waals surface area contributed by atoms with Crippen molar-refractivity contribution in [1.29, 1.82) is 0 Å². The van der Waals surface area contributed by atoms with E-state index >= 15 is 0 Å². The Morgan fingerprint density at radius 1 is 0.389 bits per heavy atom. The summed E-state index contributed by atoms with van der Waals surface area (Å²) in [6, 6.07) is 8.97. The van der Waals surface area contributed by atoms with Crippen LogP contribution in [0.2, 0.25) is 0 Å². The third kappa shape index (κ3) is 27.4. The van der Waals surface area contributed by atoms with Gasteiger partial charge in [-0.2, -0.15) is 29.9 Å². The van der Waals surface area contributed by atoms with Gasteiger partial charge in [-0.15, -0.1) is 0 Å². The first kappa shape index (κ1) is 90.6. The summed E-state index contributed by atoms with van der Waals surface area (Å²) < 4.78 is 221. The van der Waals surface area contributed by atoms with Crippen molar-refractivity contribution in [3.63, 3.8) is 0 Å². The number of benzene rings is 4. The van der Waals surface area contributed by atoms with E-state index in [1.165, 1.54) is 37.5 Å². The predicted molar refractivity (Wildman–Crippen MR) is 286 cm³/mol. The molecule has 2 aromatic heterocycles. The van der Waals surface area contributed by atoms with Crippen LogP contribution in [-0.2, 0) is 60.7 Å². The fourth-order valence-electron chi connectivity index (χ4n) is 7.56. The zero-order valence-corrected chi connectivity index (χ0v) is 69.7. The number of nitrogens with one attached hydrogen (secondary N) is 4. The van der Waals surface area contributed by atoms with Crippen molar-refractivity contribution in [3.8, 4) is 0 Å². The minimum Gasteiger partial charge on any atom is -0.744 e. The van der Waals surface area contributed by atoms with E-state index in [4.69, 9.17) is 0 Å². The Labute approximate surface area is 711 Å². The topological polar surface area (TPSA) is 556 Å². The van der Waals surface area contributed by atoms with E-state index in [-0.39, 0.29) is 280 Å². The van der Waals surface area contributed by atoms with Gasteiger partial charge in [0.05, 0.1) is 65.2 Å². The fraction of sp³-hybridized carbons (Fsp3) is 0.273. The number of hydrogen-bond acceptors (Lipinski definition) is 34. The summed E-state index contributed by atoms with van der Waals surface area (Å²) in [6.45, 7) is 4.24. The molecule has 34 nitrogen and oxygen atoms in total. The smallest absolute Gasteiger partial charge is 0.744 e. The average Bonchev–Trinajstić information content (AvgIpc) is 0.931. The molecule has 456 valence electrons. The molecule has 0 fully saturated rings. The number of anilines is 10. The van der Waals surface area contributed by atoms with Crippen LogP contribution in [0, 0.1) is 0 Å². The number of nitrogens with zero attached hydrogens (tertiary/aromatic N) is 8. The van der Waals surface area contributed by atoms with Gasteiger partial charge in [-0.05, 0) is 99.5 Å². The Bertz CT molecular complexity index is 3970. The zero-order valence-electron chi connectivity index (χ0n) is 49.4. The minimum absolute atomic E-state index is 0. The summed E-state index contributed by atoms with van der Waals surface area (Å²) in [4.78, 5) is 21.1. The molecule has 0 aliphatic carbocycles. The Morgan fingerprint density at radius 2 is 0.656 bits per heavy atom. The van der Waals surface area contributed by atoms with Gasteiger partial charge in [-0.25, -0.2) is 50.5 Å². The molecule has 0 bridgehead atoms. The minimum atomic E-state index is -5.49. The van der Waals surface area contributed by atoms with Crippen LogP contribution >= 0.6 is 0 Å². The number of rotatable bonds is 26. The summed E-state index contributed by atoms with van der Waals surface area (Å²) in [5.41, 5.74) is -3.05. The second-order valence-electron chi connectivity index (χ2n) is 18.2. The van der Waals surface area contributed by atoms with Crippen LogP contribution in [-0.4, -0.2) is 179 Å². The molecule has 0 saturated carbocycles. The number of aromatic nitrogens is 6. The van der Waals surface area contributed by atoms with Crippen LogP contribution < -0.4 is 274 Å².